The first-order valence-electron chi connectivity index (χ1n) is 8.34. The summed E-state index contributed by atoms with van der Waals surface area (Å²) in [4.78, 5) is 16.1. The topological polar surface area (TPSA) is 95.1 Å². The van der Waals surface area contributed by atoms with E-state index in [1.165, 1.54) is 6.92 Å². The third kappa shape index (κ3) is 3.24. The minimum Gasteiger partial charge on any atom is -0.497 e. The molecule has 0 radical (unpaired) electrons. The number of fused-ring (bicyclic) bond motifs is 1. The average molecular weight is 363 g/mol. The third-order valence-corrected chi connectivity index (χ3v) is 4.15. The predicted molar refractivity (Wildman–Crippen MR) is 99.4 cm³/mol. The number of nitrogens with zero attached hydrogens (tertiary/aromatic N) is 4. The average Bonchev–Trinajstić information content (AvgIpc) is 3.26. The highest BCUT2D eigenvalue weighted by molar-refractivity contribution is 5.91. The standard InChI is InChI=1S/C19H17N5O3/c1-12(25)20-18-17(22-27-23-18)19-21-15-5-3-4-6-16(15)24(19)11-13-7-9-14(26-2)10-8-13/h3-10H,11H2,1-2H3,(H,20,23,25). The summed E-state index contributed by atoms with van der Waals surface area (Å²) in [7, 11) is 1.64. The van der Waals surface area contributed by atoms with Crippen molar-refractivity contribution in [2.75, 3.05) is 12.4 Å². The number of methoxy groups -OCH3 is 1. The Kier molecular flexibility index (Phi) is 4.29. The smallest absolute Gasteiger partial charge is 0.222 e. The van der Waals surface area contributed by atoms with Gasteiger partial charge in [-0.3, -0.25) is 4.79 Å². The van der Waals surface area contributed by atoms with Crippen LogP contribution in [0.15, 0.2) is 53.2 Å². The number of para-hydroxylation sites is 2. The number of hydrogen-bond donors (Lipinski definition) is 1. The van der Waals surface area contributed by atoms with E-state index in [-0.39, 0.29) is 11.7 Å². The van der Waals surface area contributed by atoms with Gasteiger partial charge in [-0.05, 0) is 40.1 Å². The van der Waals surface area contributed by atoms with Crippen LogP contribution in [0.5, 0.6) is 5.75 Å². The Morgan fingerprint density at radius 2 is 1.93 bits per heavy atom. The zero-order valence-electron chi connectivity index (χ0n) is 14.8. The molecule has 0 saturated heterocycles. The Hall–Kier alpha value is -3.68. The summed E-state index contributed by atoms with van der Waals surface area (Å²) in [6, 6.07) is 15.6. The van der Waals surface area contributed by atoms with Crippen LogP contribution in [0.3, 0.4) is 0 Å². The van der Waals surface area contributed by atoms with Crippen LogP contribution in [0.1, 0.15) is 12.5 Å². The molecule has 0 unspecified atom stereocenters. The predicted octanol–water partition coefficient (Wildman–Crippen LogP) is 3.10. The molecule has 1 amide bonds. The van der Waals surface area contributed by atoms with Gasteiger partial charge < -0.3 is 14.6 Å². The Morgan fingerprint density at radius 3 is 2.67 bits per heavy atom. The number of benzene rings is 2. The van der Waals surface area contributed by atoms with Gasteiger partial charge in [0, 0.05) is 13.5 Å². The minimum atomic E-state index is -0.259. The van der Waals surface area contributed by atoms with E-state index in [0.29, 0.717) is 18.1 Å². The molecule has 0 aliphatic rings. The fourth-order valence-electron chi connectivity index (χ4n) is 2.91. The molecule has 8 nitrogen and oxygen atoms in total. The molecule has 0 aliphatic heterocycles. The Bertz CT molecular complexity index is 1100. The summed E-state index contributed by atoms with van der Waals surface area (Å²) in [5.41, 5.74) is 3.21. The molecular formula is C19H17N5O3. The van der Waals surface area contributed by atoms with Crippen LogP contribution in [-0.2, 0) is 11.3 Å². The van der Waals surface area contributed by atoms with Gasteiger partial charge in [0.05, 0.1) is 18.1 Å². The molecule has 0 spiro atoms. The van der Waals surface area contributed by atoms with Gasteiger partial charge in [-0.1, -0.05) is 24.3 Å². The van der Waals surface area contributed by atoms with E-state index < -0.39 is 0 Å². The molecular weight excluding hydrogens is 346 g/mol. The Balaban J connectivity index is 1.82. The molecule has 136 valence electrons. The lowest BCUT2D eigenvalue weighted by molar-refractivity contribution is -0.114. The van der Waals surface area contributed by atoms with Gasteiger partial charge in [0.15, 0.2) is 11.5 Å². The summed E-state index contributed by atoms with van der Waals surface area (Å²) in [5, 5.41) is 10.4. The fourth-order valence-corrected chi connectivity index (χ4v) is 2.91. The highest BCUT2D eigenvalue weighted by Gasteiger charge is 2.21. The molecule has 0 fully saturated rings. The molecule has 2 aromatic heterocycles. The van der Waals surface area contributed by atoms with Crippen LogP contribution in [0, 0.1) is 0 Å². The largest absolute Gasteiger partial charge is 0.497 e. The number of amides is 1. The van der Waals surface area contributed by atoms with Crippen LogP contribution in [-0.4, -0.2) is 32.9 Å². The first kappa shape index (κ1) is 16.8. The molecule has 8 heteroatoms. The second-order valence-corrected chi connectivity index (χ2v) is 6.00. The summed E-state index contributed by atoms with van der Waals surface area (Å²) in [6.45, 7) is 1.96. The highest BCUT2D eigenvalue weighted by Crippen LogP contribution is 2.29. The van der Waals surface area contributed by atoms with E-state index in [0.717, 1.165) is 22.3 Å². The first-order valence-corrected chi connectivity index (χ1v) is 8.34. The molecule has 0 saturated carbocycles. The normalized spacial score (nSPS) is 10.9. The van der Waals surface area contributed by atoms with Crippen molar-refractivity contribution in [3.05, 3.63) is 54.1 Å². The number of carbonyl (C=O) groups excluding carboxylic acids is 1. The van der Waals surface area contributed by atoms with Gasteiger partial charge in [0.2, 0.25) is 11.7 Å². The van der Waals surface area contributed by atoms with Gasteiger partial charge in [0.1, 0.15) is 5.75 Å². The van der Waals surface area contributed by atoms with Crippen molar-refractivity contribution in [2.45, 2.75) is 13.5 Å². The number of nitrogens with one attached hydrogen (secondary N) is 1. The van der Waals surface area contributed by atoms with Crippen molar-refractivity contribution in [1.29, 1.82) is 0 Å². The number of imidazole rings is 1. The lowest BCUT2D eigenvalue weighted by Crippen LogP contribution is -2.09. The summed E-state index contributed by atoms with van der Waals surface area (Å²) in [5.74, 6) is 1.35. The highest BCUT2D eigenvalue weighted by atomic mass is 16.6. The Labute approximate surface area is 154 Å². The summed E-state index contributed by atoms with van der Waals surface area (Å²) < 4.78 is 12.1. The summed E-state index contributed by atoms with van der Waals surface area (Å²) >= 11 is 0. The van der Waals surface area contributed by atoms with Gasteiger partial charge in [0.25, 0.3) is 0 Å². The number of hydrogen-bond acceptors (Lipinski definition) is 6. The van der Waals surface area contributed by atoms with Gasteiger partial charge in [-0.15, -0.1) is 0 Å². The van der Waals surface area contributed by atoms with Crippen molar-refractivity contribution in [3.8, 4) is 17.3 Å². The molecule has 27 heavy (non-hydrogen) atoms. The zero-order chi connectivity index (χ0) is 18.8. The van der Waals surface area contributed by atoms with Crippen LogP contribution >= 0.6 is 0 Å². The number of carbonyl (C=O) groups is 1. The number of anilines is 1. The number of rotatable bonds is 5. The van der Waals surface area contributed by atoms with E-state index >= 15 is 0 Å². The second-order valence-electron chi connectivity index (χ2n) is 6.00. The molecule has 4 aromatic rings. The molecule has 0 aliphatic carbocycles. The van der Waals surface area contributed by atoms with Gasteiger partial charge in [-0.2, -0.15) is 0 Å². The van der Waals surface area contributed by atoms with Crippen molar-refractivity contribution in [2.24, 2.45) is 0 Å². The summed E-state index contributed by atoms with van der Waals surface area (Å²) in [6.07, 6.45) is 0. The van der Waals surface area contributed by atoms with E-state index in [1.54, 1.807) is 7.11 Å². The molecule has 4 rings (SSSR count). The maximum absolute atomic E-state index is 11.4. The van der Waals surface area contributed by atoms with Crippen LogP contribution in [0.2, 0.25) is 0 Å². The maximum atomic E-state index is 11.4. The molecule has 0 atom stereocenters. The van der Waals surface area contributed by atoms with Crippen molar-refractivity contribution in [1.82, 2.24) is 19.9 Å². The van der Waals surface area contributed by atoms with Gasteiger partial charge in [-0.25, -0.2) is 9.61 Å². The van der Waals surface area contributed by atoms with E-state index in [2.05, 4.69) is 20.6 Å². The van der Waals surface area contributed by atoms with Crippen LogP contribution in [0.4, 0.5) is 5.82 Å². The maximum Gasteiger partial charge on any atom is 0.222 e. The SMILES string of the molecule is COc1ccc(Cn2c(-c3nonc3NC(C)=O)nc3ccccc32)cc1. The third-order valence-electron chi connectivity index (χ3n) is 4.15. The van der Waals surface area contributed by atoms with Crippen molar-refractivity contribution < 1.29 is 14.2 Å². The van der Waals surface area contributed by atoms with E-state index in [1.807, 2.05) is 53.1 Å². The number of aromatic nitrogens is 4. The molecule has 0 bridgehead atoms. The molecule has 2 heterocycles. The van der Waals surface area contributed by atoms with Crippen LogP contribution in [0.25, 0.3) is 22.6 Å². The van der Waals surface area contributed by atoms with Gasteiger partial charge >= 0.3 is 0 Å². The van der Waals surface area contributed by atoms with Crippen molar-refractivity contribution in [3.63, 3.8) is 0 Å². The second kappa shape index (κ2) is 6.91. The monoisotopic (exact) mass is 363 g/mol. The first-order chi connectivity index (χ1) is 13.2. The van der Waals surface area contributed by atoms with Crippen LogP contribution < -0.4 is 10.1 Å². The Morgan fingerprint density at radius 1 is 1.15 bits per heavy atom. The minimum absolute atomic E-state index is 0.244. The lowest BCUT2D eigenvalue weighted by atomic mass is 10.2. The molecule has 2 aromatic carbocycles. The fraction of sp³-hybridized carbons (Fsp3) is 0.158. The number of ether oxygens (including phenoxy) is 1. The van der Waals surface area contributed by atoms with E-state index in [9.17, 15) is 4.79 Å². The van der Waals surface area contributed by atoms with E-state index in [4.69, 9.17) is 9.37 Å². The van der Waals surface area contributed by atoms with Crippen molar-refractivity contribution >= 4 is 22.8 Å². The quantitative estimate of drug-likeness (QED) is 0.585. The lowest BCUT2D eigenvalue weighted by Gasteiger charge is -2.09. The molecule has 1 N–H and O–H groups in total. The zero-order valence-corrected chi connectivity index (χ0v) is 14.8.